The first kappa shape index (κ1) is 18.4. The van der Waals surface area contributed by atoms with Crippen LogP contribution in [0.5, 0.6) is 0 Å². The van der Waals surface area contributed by atoms with Crippen LogP contribution in [0.3, 0.4) is 0 Å². The third-order valence-corrected chi connectivity index (χ3v) is 4.66. The van der Waals surface area contributed by atoms with Gasteiger partial charge in [0.2, 0.25) is 0 Å². The van der Waals surface area contributed by atoms with Crippen LogP contribution in [0, 0.1) is 0 Å². The second-order valence-electron chi connectivity index (χ2n) is 5.29. The summed E-state index contributed by atoms with van der Waals surface area (Å²) in [5.74, 6) is -1.03. The molecular formula is C14H12Cl4N2O3. The molecule has 1 aliphatic carbocycles. The van der Waals surface area contributed by atoms with Crippen LogP contribution in [0.25, 0.3) is 11.3 Å². The van der Waals surface area contributed by atoms with E-state index < -0.39 is 11.5 Å². The van der Waals surface area contributed by atoms with Crippen LogP contribution in [0.4, 0.5) is 0 Å². The van der Waals surface area contributed by atoms with Gasteiger partial charge in [0.1, 0.15) is 11.3 Å². The number of nitrogens with two attached hydrogens (primary N) is 1. The molecule has 0 aliphatic heterocycles. The van der Waals surface area contributed by atoms with Gasteiger partial charge >= 0.3 is 5.97 Å². The Kier molecular flexibility index (Phi) is 5.18. The molecule has 0 unspecified atom stereocenters. The summed E-state index contributed by atoms with van der Waals surface area (Å²) >= 11 is 18.2. The molecule has 1 heterocycles. The number of carboxylic acids is 1. The van der Waals surface area contributed by atoms with E-state index >= 15 is 0 Å². The Balaban J connectivity index is 0.00000192. The van der Waals surface area contributed by atoms with Gasteiger partial charge in [-0.15, -0.1) is 12.4 Å². The average molecular weight is 398 g/mol. The lowest BCUT2D eigenvalue weighted by Crippen LogP contribution is -2.44. The Hall–Kier alpha value is -0.980. The number of carbonyl (C=O) groups is 1. The Morgan fingerprint density at radius 2 is 1.83 bits per heavy atom. The minimum Gasteiger partial charge on any atom is -0.477 e. The van der Waals surface area contributed by atoms with Crippen molar-refractivity contribution >= 4 is 53.2 Å². The standard InChI is InChI=1S/C14H11Cl3N2O3.ClH/c15-6-4-7(16)9(8(17)5-6)11-10(13(20)21)12(22-19-11)14(18)2-1-3-14;/h4-5H,1-3,18H2,(H,20,21);1H. The number of nitrogens with zero attached hydrogens (tertiary/aromatic N) is 1. The molecule has 2 aromatic rings. The van der Waals surface area contributed by atoms with E-state index in [1.54, 1.807) is 0 Å². The van der Waals surface area contributed by atoms with Crippen molar-refractivity contribution in [3.05, 3.63) is 38.5 Å². The van der Waals surface area contributed by atoms with Gasteiger partial charge in [-0.05, 0) is 31.4 Å². The van der Waals surface area contributed by atoms with Gasteiger partial charge in [-0.1, -0.05) is 40.0 Å². The highest BCUT2D eigenvalue weighted by Gasteiger charge is 2.43. The van der Waals surface area contributed by atoms with Crippen molar-refractivity contribution in [1.29, 1.82) is 0 Å². The number of hydrogen-bond donors (Lipinski definition) is 2. The van der Waals surface area contributed by atoms with Crippen LogP contribution in [0.1, 0.15) is 35.4 Å². The summed E-state index contributed by atoms with van der Waals surface area (Å²) in [6.07, 6.45) is 2.20. The van der Waals surface area contributed by atoms with E-state index in [-0.39, 0.29) is 45.0 Å². The monoisotopic (exact) mass is 396 g/mol. The minimum absolute atomic E-state index is 0. The predicted octanol–water partition coefficient (Wildman–Crippen LogP) is 4.76. The fourth-order valence-electron chi connectivity index (χ4n) is 2.55. The number of carboxylic acid groups (broad SMARTS) is 1. The molecule has 1 saturated carbocycles. The van der Waals surface area contributed by atoms with Crippen molar-refractivity contribution in [2.24, 2.45) is 5.73 Å². The Morgan fingerprint density at radius 1 is 1.26 bits per heavy atom. The third kappa shape index (κ3) is 3.04. The molecule has 1 aliphatic rings. The molecule has 23 heavy (non-hydrogen) atoms. The SMILES string of the molecule is Cl.NC1(c2onc(-c3c(Cl)cc(Cl)cc3Cl)c2C(=O)O)CCC1. The van der Waals surface area contributed by atoms with Gasteiger partial charge in [0.25, 0.3) is 0 Å². The van der Waals surface area contributed by atoms with E-state index in [9.17, 15) is 9.90 Å². The van der Waals surface area contributed by atoms with E-state index in [4.69, 9.17) is 45.1 Å². The zero-order chi connectivity index (χ0) is 16.1. The highest BCUT2D eigenvalue weighted by Crippen LogP contribution is 2.45. The third-order valence-electron chi connectivity index (χ3n) is 3.85. The van der Waals surface area contributed by atoms with Crippen molar-refractivity contribution in [3.63, 3.8) is 0 Å². The molecule has 0 radical (unpaired) electrons. The van der Waals surface area contributed by atoms with Crippen molar-refractivity contribution in [3.8, 4) is 11.3 Å². The topological polar surface area (TPSA) is 89.4 Å². The zero-order valence-electron chi connectivity index (χ0n) is 11.6. The molecule has 9 heteroatoms. The molecule has 3 N–H and O–H groups in total. The molecule has 1 aromatic carbocycles. The van der Waals surface area contributed by atoms with E-state index in [0.29, 0.717) is 17.9 Å². The van der Waals surface area contributed by atoms with Gasteiger partial charge in [-0.3, -0.25) is 0 Å². The summed E-state index contributed by atoms with van der Waals surface area (Å²) in [5.41, 5.74) is 5.59. The molecule has 124 valence electrons. The fraction of sp³-hybridized carbons (Fsp3) is 0.286. The summed E-state index contributed by atoms with van der Waals surface area (Å²) in [6, 6.07) is 2.93. The second kappa shape index (κ2) is 6.49. The van der Waals surface area contributed by atoms with E-state index in [2.05, 4.69) is 5.16 Å². The van der Waals surface area contributed by atoms with Crippen molar-refractivity contribution in [2.75, 3.05) is 0 Å². The highest BCUT2D eigenvalue weighted by molar-refractivity contribution is 6.42. The quantitative estimate of drug-likeness (QED) is 0.779. The number of aromatic nitrogens is 1. The molecule has 1 aromatic heterocycles. The van der Waals surface area contributed by atoms with Crippen LogP contribution < -0.4 is 5.73 Å². The lowest BCUT2D eigenvalue weighted by molar-refractivity contribution is 0.0687. The second-order valence-corrected chi connectivity index (χ2v) is 6.55. The van der Waals surface area contributed by atoms with Crippen molar-refractivity contribution < 1.29 is 14.4 Å². The summed E-state index contributed by atoms with van der Waals surface area (Å²) in [5, 5.41) is 14.1. The van der Waals surface area contributed by atoms with E-state index in [1.807, 2.05) is 0 Å². The maximum atomic E-state index is 11.7. The van der Waals surface area contributed by atoms with E-state index in [1.165, 1.54) is 12.1 Å². The Bertz CT molecular complexity index is 748. The fourth-order valence-corrected chi connectivity index (χ4v) is 3.55. The van der Waals surface area contributed by atoms with Crippen LogP contribution in [-0.2, 0) is 5.54 Å². The largest absolute Gasteiger partial charge is 0.477 e. The highest BCUT2D eigenvalue weighted by atomic mass is 35.5. The number of aromatic carboxylic acids is 1. The van der Waals surface area contributed by atoms with Crippen LogP contribution in [-0.4, -0.2) is 16.2 Å². The lowest BCUT2D eigenvalue weighted by atomic mass is 9.74. The summed E-state index contributed by atoms with van der Waals surface area (Å²) in [4.78, 5) is 11.7. The first-order valence-electron chi connectivity index (χ1n) is 6.51. The summed E-state index contributed by atoms with van der Waals surface area (Å²) < 4.78 is 5.25. The normalized spacial score (nSPS) is 15.7. The molecule has 5 nitrogen and oxygen atoms in total. The predicted molar refractivity (Wildman–Crippen MR) is 90.9 cm³/mol. The Labute approximate surface area is 153 Å². The van der Waals surface area contributed by atoms with Crippen molar-refractivity contribution in [1.82, 2.24) is 5.16 Å². The average Bonchev–Trinajstić information content (AvgIpc) is 2.79. The van der Waals surface area contributed by atoms with Crippen LogP contribution in [0.15, 0.2) is 16.7 Å². The van der Waals surface area contributed by atoms with Gasteiger partial charge in [-0.2, -0.15) is 0 Å². The number of benzene rings is 1. The van der Waals surface area contributed by atoms with Gasteiger partial charge in [-0.25, -0.2) is 4.79 Å². The molecular weight excluding hydrogens is 386 g/mol. The molecule has 0 spiro atoms. The number of hydrogen-bond acceptors (Lipinski definition) is 4. The van der Waals surface area contributed by atoms with Gasteiger partial charge < -0.3 is 15.4 Å². The lowest BCUT2D eigenvalue weighted by Gasteiger charge is -2.35. The van der Waals surface area contributed by atoms with Gasteiger partial charge in [0.15, 0.2) is 5.76 Å². The minimum atomic E-state index is -1.19. The van der Waals surface area contributed by atoms with Crippen LogP contribution in [0.2, 0.25) is 15.1 Å². The van der Waals surface area contributed by atoms with Crippen LogP contribution >= 0.6 is 47.2 Å². The molecule has 1 fully saturated rings. The first-order chi connectivity index (χ1) is 10.3. The summed E-state index contributed by atoms with van der Waals surface area (Å²) in [7, 11) is 0. The first-order valence-corrected chi connectivity index (χ1v) is 7.64. The zero-order valence-corrected chi connectivity index (χ0v) is 14.7. The smallest absolute Gasteiger partial charge is 0.341 e. The summed E-state index contributed by atoms with van der Waals surface area (Å²) in [6.45, 7) is 0. The maximum Gasteiger partial charge on any atom is 0.341 e. The number of rotatable bonds is 3. The van der Waals surface area contributed by atoms with E-state index in [0.717, 1.165) is 6.42 Å². The Morgan fingerprint density at radius 3 is 2.26 bits per heavy atom. The maximum absolute atomic E-state index is 11.7. The van der Waals surface area contributed by atoms with Gasteiger partial charge in [0, 0.05) is 10.6 Å². The molecule has 0 amide bonds. The molecule has 0 saturated heterocycles. The molecule has 0 atom stereocenters. The molecule has 0 bridgehead atoms. The number of halogens is 4. The van der Waals surface area contributed by atoms with Crippen molar-refractivity contribution in [2.45, 2.75) is 24.8 Å². The van der Waals surface area contributed by atoms with Gasteiger partial charge in [0.05, 0.1) is 15.6 Å². The molecule has 3 rings (SSSR count).